The van der Waals surface area contributed by atoms with Crippen LogP contribution in [0.1, 0.15) is 13.3 Å². The summed E-state index contributed by atoms with van der Waals surface area (Å²) in [6.07, 6.45) is 0.950. The first-order chi connectivity index (χ1) is 5.58. The summed E-state index contributed by atoms with van der Waals surface area (Å²) in [5.74, 6) is 1.09. The van der Waals surface area contributed by atoms with Gasteiger partial charge in [-0.1, -0.05) is 18.7 Å². The van der Waals surface area contributed by atoms with Crippen molar-refractivity contribution in [3.05, 3.63) is 24.5 Å². The Balaban J connectivity index is 2.71. The lowest BCUT2D eigenvalue weighted by molar-refractivity contribution is 0.0515. The minimum Gasteiger partial charge on any atom is -0.499 e. The van der Waals surface area contributed by atoms with Crippen LogP contribution in [-0.4, -0.2) is 19.8 Å². The molecule has 1 aliphatic rings. The van der Waals surface area contributed by atoms with E-state index in [2.05, 4.69) is 13.2 Å². The SMILES string of the molecule is C=C(C)C1CC1(OC)C(=C)OC. The van der Waals surface area contributed by atoms with E-state index in [4.69, 9.17) is 9.47 Å². The Hall–Kier alpha value is -0.760. The van der Waals surface area contributed by atoms with Gasteiger partial charge in [0.15, 0.2) is 0 Å². The van der Waals surface area contributed by atoms with Gasteiger partial charge in [-0.05, 0) is 13.3 Å². The summed E-state index contributed by atoms with van der Waals surface area (Å²) in [7, 11) is 3.31. The van der Waals surface area contributed by atoms with Crippen molar-refractivity contribution < 1.29 is 9.47 Å². The molecule has 2 unspecified atom stereocenters. The summed E-state index contributed by atoms with van der Waals surface area (Å²) in [6, 6.07) is 0. The van der Waals surface area contributed by atoms with E-state index in [1.165, 1.54) is 0 Å². The normalized spacial score (nSPS) is 32.8. The molecular formula is C10H16O2. The number of hydrogen-bond acceptors (Lipinski definition) is 2. The average molecular weight is 168 g/mol. The zero-order valence-corrected chi connectivity index (χ0v) is 8.02. The minimum absolute atomic E-state index is 0.277. The number of rotatable bonds is 4. The average Bonchev–Trinajstić information content (AvgIpc) is 2.79. The predicted octanol–water partition coefficient (Wildman–Crippen LogP) is 2.13. The summed E-state index contributed by atoms with van der Waals surface area (Å²) in [4.78, 5) is 0. The Bertz CT molecular complexity index is 220. The van der Waals surface area contributed by atoms with Crippen LogP contribution < -0.4 is 0 Å². The molecule has 2 heteroatoms. The highest BCUT2D eigenvalue weighted by Crippen LogP contribution is 2.54. The number of ether oxygens (including phenoxy) is 2. The molecule has 0 amide bonds. The molecule has 1 fully saturated rings. The molecule has 12 heavy (non-hydrogen) atoms. The van der Waals surface area contributed by atoms with E-state index in [1.807, 2.05) is 6.92 Å². The standard InChI is InChI=1S/C10H16O2/c1-7(2)9-6-10(9,12-5)8(3)11-4/h9H,1,3,6H2,2,4-5H3. The van der Waals surface area contributed by atoms with Gasteiger partial charge in [0, 0.05) is 13.0 Å². The Morgan fingerprint density at radius 1 is 1.42 bits per heavy atom. The second-order valence-electron chi connectivity index (χ2n) is 3.32. The summed E-state index contributed by atoms with van der Waals surface area (Å²) >= 11 is 0. The van der Waals surface area contributed by atoms with Crippen LogP contribution in [0.25, 0.3) is 0 Å². The van der Waals surface area contributed by atoms with E-state index in [1.54, 1.807) is 14.2 Å². The topological polar surface area (TPSA) is 18.5 Å². The Labute approximate surface area is 73.9 Å². The van der Waals surface area contributed by atoms with Gasteiger partial charge in [0.2, 0.25) is 0 Å². The van der Waals surface area contributed by atoms with E-state index >= 15 is 0 Å². The van der Waals surface area contributed by atoms with Gasteiger partial charge in [-0.25, -0.2) is 0 Å². The Morgan fingerprint density at radius 3 is 2.25 bits per heavy atom. The van der Waals surface area contributed by atoms with Crippen molar-refractivity contribution in [1.82, 2.24) is 0 Å². The molecule has 0 aliphatic heterocycles. The second kappa shape index (κ2) is 2.94. The van der Waals surface area contributed by atoms with E-state index in [0.717, 1.165) is 12.0 Å². The molecule has 0 radical (unpaired) electrons. The molecule has 1 saturated carbocycles. The van der Waals surface area contributed by atoms with Gasteiger partial charge in [0.1, 0.15) is 11.4 Å². The largest absolute Gasteiger partial charge is 0.499 e. The van der Waals surface area contributed by atoms with E-state index in [0.29, 0.717) is 11.7 Å². The third kappa shape index (κ3) is 1.16. The van der Waals surface area contributed by atoms with Crippen LogP contribution in [0.4, 0.5) is 0 Å². The van der Waals surface area contributed by atoms with E-state index < -0.39 is 0 Å². The van der Waals surface area contributed by atoms with Crippen molar-refractivity contribution in [2.24, 2.45) is 5.92 Å². The maximum atomic E-state index is 5.39. The first-order valence-corrected chi connectivity index (χ1v) is 4.02. The summed E-state index contributed by atoms with van der Waals surface area (Å²) < 4.78 is 10.5. The third-order valence-electron chi connectivity index (χ3n) is 2.59. The van der Waals surface area contributed by atoms with Gasteiger partial charge in [-0.15, -0.1) is 0 Å². The van der Waals surface area contributed by atoms with Crippen LogP contribution in [0.2, 0.25) is 0 Å². The number of methoxy groups -OCH3 is 2. The lowest BCUT2D eigenvalue weighted by atomic mass is 10.1. The highest BCUT2D eigenvalue weighted by Gasteiger charge is 2.58. The lowest BCUT2D eigenvalue weighted by Gasteiger charge is -2.17. The molecule has 1 rings (SSSR count). The highest BCUT2D eigenvalue weighted by molar-refractivity contribution is 5.30. The molecule has 0 aromatic rings. The van der Waals surface area contributed by atoms with E-state index in [-0.39, 0.29) is 5.60 Å². The first kappa shape index (κ1) is 9.33. The number of hydrogen-bond donors (Lipinski definition) is 0. The van der Waals surface area contributed by atoms with E-state index in [9.17, 15) is 0 Å². The molecule has 0 spiro atoms. The van der Waals surface area contributed by atoms with Gasteiger partial charge in [0.25, 0.3) is 0 Å². The molecule has 68 valence electrons. The zero-order chi connectivity index (χ0) is 9.35. The lowest BCUT2D eigenvalue weighted by Crippen LogP contribution is -2.19. The molecule has 0 bridgehead atoms. The molecule has 0 saturated heterocycles. The fourth-order valence-electron chi connectivity index (χ4n) is 1.64. The second-order valence-corrected chi connectivity index (χ2v) is 3.32. The molecule has 1 aliphatic carbocycles. The van der Waals surface area contributed by atoms with Crippen LogP contribution >= 0.6 is 0 Å². The van der Waals surface area contributed by atoms with Gasteiger partial charge >= 0.3 is 0 Å². The van der Waals surface area contributed by atoms with Gasteiger partial charge < -0.3 is 9.47 Å². The van der Waals surface area contributed by atoms with Crippen LogP contribution in [0.5, 0.6) is 0 Å². The zero-order valence-electron chi connectivity index (χ0n) is 8.02. The molecule has 2 atom stereocenters. The summed E-state index contributed by atoms with van der Waals surface area (Å²) in [6.45, 7) is 9.73. The molecule has 2 nitrogen and oxygen atoms in total. The van der Waals surface area contributed by atoms with Crippen LogP contribution in [-0.2, 0) is 9.47 Å². The maximum Gasteiger partial charge on any atom is 0.131 e. The van der Waals surface area contributed by atoms with Gasteiger partial charge in [0.05, 0.1) is 7.11 Å². The van der Waals surface area contributed by atoms with Crippen molar-refractivity contribution in [1.29, 1.82) is 0 Å². The third-order valence-corrected chi connectivity index (χ3v) is 2.59. The summed E-state index contributed by atoms with van der Waals surface area (Å²) in [5, 5.41) is 0. The van der Waals surface area contributed by atoms with Crippen molar-refractivity contribution in [2.45, 2.75) is 18.9 Å². The van der Waals surface area contributed by atoms with Crippen molar-refractivity contribution in [2.75, 3.05) is 14.2 Å². The highest BCUT2D eigenvalue weighted by atomic mass is 16.5. The van der Waals surface area contributed by atoms with Crippen molar-refractivity contribution in [3.63, 3.8) is 0 Å². The monoisotopic (exact) mass is 168 g/mol. The van der Waals surface area contributed by atoms with Gasteiger partial charge in [-0.2, -0.15) is 0 Å². The molecule has 0 aromatic heterocycles. The van der Waals surface area contributed by atoms with Crippen LogP contribution in [0, 0.1) is 5.92 Å². The molecule has 0 N–H and O–H groups in total. The molecular weight excluding hydrogens is 152 g/mol. The minimum atomic E-state index is -0.277. The summed E-state index contributed by atoms with van der Waals surface area (Å²) in [5.41, 5.74) is 0.857. The van der Waals surface area contributed by atoms with Crippen LogP contribution in [0.3, 0.4) is 0 Å². The maximum absolute atomic E-state index is 5.39. The van der Waals surface area contributed by atoms with Crippen molar-refractivity contribution >= 4 is 0 Å². The Kier molecular flexibility index (Phi) is 2.29. The fourth-order valence-corrected chi connectivity index (χ4v) is 1.64. The predicted molar refractivity (Wildman–Crippen MR) is 48.8 cm³/mol. The first-order valence-electron chi connectivity index (χ1n) is 4.02. The van der Waals surface area contributed by atoms with Gasteiger partial charge in [-0.3, -0.25) is 0 Å². The molecule has 0 aromatic carbocycles. The van der Waals surface area contributed by atoms with Crippen molar-refractivity contribution in [3.8, 4) is 0 Å². The quantitative estimate of drug-likeness (QED) is 0.473. The fraction of sp³-hybridized carbons (Fsp3) is 0.600. The molecule has 0 heterocycles. The smallest absolute Gasteiger partial charge is 0.131 e. The Morgan fingerprint density at radius 2 is 2.00 bits per heavy atom. The van der Waals surface area contributed by atoms with Crippen LogP contribution in [0.15, 0.2) is 24.5 Å².